The summed E-state index contributed by atoms with van der Waals surface area (Å²) in [6.07, 6.45) is 3.65. The first-order valence-electron chi connectivity index (χ1n) is 5.33. The highest BCUT2D eigenvalue weighted by atomic mass is 16.1. The van der Waals surface area contributed by atoms with E-state index in [-0.39, 0.29) is 5.69 Å². The molecular formula is C10H13N7O. The number of nitrogens with zero attached hydrogens (tertiary/aromatic N) is 4. The molecule has 2 aromatic heterocycles. The maximum Gasteiger partial charge on any atom is 0.269 e. The van der Waals surface area contributed by atoms with E-state index < -0.39 is 5.91 Å². The molecule has 0 saturated heterocycles. The number of rotatable bonds is 4. The van der Waals surface area contributed by atoms with Crippen molar-refractivity contribution in [3.63, 3.8) is 0 Å². The number of aromatic nitrogens is 4. The van der Waals surface area contributed by atoms with Crippen molar-refractivity contribution in [2.75, 3.05) is 5.43 Å². The van der Waals surface area contributed by atoms with Crippen molar-refractivity contribution in [2.45, 2.75) is 13.3 Å². The normalized spacial score (nSPS) is 10.3. The van der Waals surface area contributed by atoms with Gasteiger partial charge in [0.25, 0.3) is 5.91 Å². The van der Waals surface area contributed by atoms with Gasteiger partial charge >= 0.3 is 0 Å². The zero-order valence-corrected chi connectivity index (χ0v) is 9.79. The summed E-state index contributed by atoms with van der Waals surface area (Å²) in [6, 6.07) is 1.53. The molecule has 5 N–H and O–H groups in total. The minimum absolute atomic E-state index is 0.179. The van der Waals surface area contributed by atoms with Gasteiger partial charge in [-0.05, 0) is 12.5 Å². The number of amides is 1. The summed E-state index contributed by atoms with van der Waals surface area (Å²) in [5.41, 5.74) is 8.64. The Balaban J connectivity index is 2.52. The summed E-state index contributed by atoms with van der Waals surface area (Å²) in [7, 11) is 0. The lowest BCUT2D eigenvalue weighted by Crippen LogP contribution is -2.15. The van der Waals surface area contributed by atoms with Crippen LogP contribution in [0.15, 0.2) is 18.6 Å². The number of hydrogen-bond acceptors (Lipinski definition) is 6. The summed E-state index contributed by atoms with van der Waals surface area (Å²) >= 11 is 0. The highest BCUT2D eigenvalue weighted by Crippen LogP contribution is 2.18. The molecule has 2 rings (SSSR count). The van der Waals surface area contributed by atoms with Crippen LogP contribution in [0.2, 0.25) is 0 Å². The number of nitrogens with one attached hydrogen (secondary N) is 1. The lowest BCUT2D eigenvalue weighted by atomic mass is 10.2. The maximum atomic E-state index is 11.0. The van der Waals surface area contributed by atoms with E-state index in [0.29, 0.717) is 18.1 Å². The molecule has 94 valence electrons. The molecule has 0 aliphatic carbocycles. The third-order valence-corrected chi connectivity index (χ3v) is 2.47. The van der Waals surface area contributed by atoms with Crippen molar-refractivity contribution < 1.29 is 4.79 Å². The Labute approximate surface area is 103 Å². The zero-order valence-electron chi connectivity index (χ0n) is 9.79. The van der Waals surface area contributed by atoms with Gasteiger partial charge < -0.3 is 11.2 Å². The number of nitrogen functional groups attached to an aromatic ring is 1. The predicted molar refractivity (Wildman–Crippen MR) is 64.9 cm³/mol. The molecule has 0 aromatic carbocycles. The smallest absolute Gasteiger partial charge is 0.269 e. The maximum absolute atomic E-state index is 11.0. The van der Waals surface area contributed by atoms with Crippen LogP contribution in [0.3, 0.4) is 0 Å². The quantitative estimate of drug-likeness (QED) is 0.499. The lowest BCUT2D eigenvalue weighted by Gasteiger charge is -2.10. The second-order valence-corrected chi connectivity index (χ2v) is 3.53. The molecule has 1 amide bonds. The largest absolute Gasteiger partial charge is 0.364 e. The van der Waals surface area contributed by atoms with Gasteiger partial charge in [0.15, 0.2) is 5.82 Å². The van der Waals surface area contributed by atoms with E-state index in [1.165, 1.54) is 17.1 Å². The fourth-order valence-corrected chi connectivity index (χ4v) is 1.62. The average molecular weight is 247 g/mol. The first kappa shape index (κ1) is 12.0. The Hall–Kier alpha value is -2.48. The van der Waals surface area contributed by atoms with Gasteiger partial charge in [0.05, 0.1) is 0 Å². The molecule has 0 atom stereocenters. The molecule has 0 bridgehead atoms. The minimum atomic E-state index is -0.585. The molecule has 8 heteroatoms. The molecule has 0 saturated carbocycles. The summed E-state index contributed by atoms with van der Waals surface area (Å²) in [4.78, 5) is 19.2. The Bertz CT molecular complexity index is 577. The van der Waals surface area contributed by atoms with Crippen molar-refractivity contribution in [3.05, 3.63) is 29.8 Å². The van der Waals surface area contributed by atoms with Crippen LogP contribution in [-0.2, 0) is 6.42 Å². The number of nitrogens with two attached hydrogens (primary N) is 2. The number of primary amides is 1. The second kappa shape index (κ2) is 4.80. The first-order valence-corrected chi connectivity index (χ1v) is 5.33. The molecule has 8 nitrogen and oxygen atoms in total. The van der Waals surface area contributed by atoms with Crippen LogP contribution >= 0.6 is 0 Å². The van der Waals surface area contributed by atoms with Crippen molar-refractivity contribution in [1.82, 2.24) is 19.7 Å². The van der Waals surface area contributed by atoms with Gasteiger partial charge in [-0.15, -0.1) is 0 Å². The first-order chi connectivity index (χ1) is 8.67. The molecule has 0 spiro atoms. The van der Waals surface area contributed by atoms with Crippen LogP contribution in [0, 0.1) is 0 Å². The summed E-state index contributed by atoms with van der Waals surface area (Å²) in [5, 5.41) is 4.05. The average Bonchev–Trinajstić information content (AvgIpc) is 2.87. The molecule has 0 unspecified atom stereocenters. The highest BCUT2D eigenvalue weighted by molar-refractivity contribution is 5.90. The van der Waals surface area contributed by atoms with Crippen molar-refractivity contribution in [2.24, 2.45) is 11.6 Å². The van der Waals surface area contributed by atoms with E-state index in [2.05, 4.69) is 20.5 Å². The van der Waals surface area contributed by atoms with Gasteiger partial charge in [-0.2, -0.15) is 5.10 Å². The van der Waals surface area contributed by atoms with Crippen LogP contribution < -0.4 is 17.0 Å². The van der Waals surface area contributed by atoms with Crippen LogP contribution in [0.25, 0.3) is 5.82 Å². The Morgan fingerprint density at radius 2 is 2.28 bits per heavy atom. The summed E-state index contributed by atoms with van der Waals surface area (Å²) < 4.78 is 1.47. The van der Waals surface area contributed by atoms with Crippen LogP contribution in [0.5, 0.6) is 0 Å². The Morgan fingerprint density at radius 3 is 2.83 bits per heavy atom. The fourth-order valence-electron chi connectivity index (χ4n) is 1.62. The zero-order chi connectivity index (χ0) is 13.1. The topological polar surface area (TPSA) is 125 Å². The van der Waals surface area contributed by atoms with Crippen molar-refractivity contribution in [3.8, 4) is 5.82 Å². The van der Waals surface area contributed by atoms with E-state index >= 15 is 0 Å². The van der Waals surface area contributed by atoms with E-state index in [9.17, 15) is 4.79 Å². The van der Waals surface area contributed by atoms with E-state index in [1.54, 1.807) is 6.20 Å². The minimum Gasteiger partial charge on any atom is -0.364 e. The standard InChI is InChI=1S/C10H13N7O/c1-2-6-9(15-12)13-5-14-10(6)17-4-3-7(16-17)8(11)18/h3-5H,2,12H2,1H3,(H2,11,18)(H,13,14,15). The molecule has 0 fully saturated rings. The molecule has 2 aromatic rings. The fraction of sp³-hybridized carbons (Fsp3) is 0.200. The van der Waals surface area contributed by atoms with Crippen LogP contribution in [-0.4, -0.2) is 25.7 Å². The van der Waals surface area contributed by atoms with Crippen LogP contribution in [0.4, 0.5) is 5.82 Å². The number of hydrazine groups is 1. The van der Waals surface area contributed by atoms with E-state index in [1.807, 2.05) is 6.92 Å². The van der Waals surface area contributed by atoms with E-state index in [4.69, 9.17) is 11.6 Å². The van der Waals surface area contributed by atoms with Gasteiger partial charge in [-0.25, -0.2) is 20.5 Å². The lowest BCUT2D eigenvalue weighted by molar-refractivity contribution is 0.0995. The summed E-state index contributed by atoms with van der Waals surface area (Å²) in [5.74, 6) is 5.89. The number of carbonyl (C=O) groups excluding carboxylic acids is 1. The molecule has 2 heterocycles. The molecule has 18 heavy (non-hydrogen) atoms. The monoisotopic (exact) mass is 247 g/mol. The van der Waals surface area contributed by atoms with Gasteiger partial charge in [0.2, 0.25) is 0 Å². The number of carbonyl (C=O) groups is 1. The van der Waals surface area contributed by atoms with Crippen molar-refractivity contribution >= 4 is 11.7 Å². The van der Waals surface area contributed by atoms with E-state index in [0.717, 1.165) is 5.56 Å². The predicted octanol–water partition coefficient (Wildman–Crippen LogP) is -0.391. The SMILES string of the molecule is CCc1c(NN)ncnc1-n1ccc(C(N)=O)n1. The van der Waals surface area contributed by atoms with Gasteiger partial charge in [0.1, 0.15) is 17.8 Å². The Kier molecular flexibility index (Phi) is 3.20. The Morgan fingerprint density at radius 1 is 1.50 bits per heavy atom. The van der Waals surface area contributed by atoms with Gasteiger partial charge in [-0.3, -0.25) is 4.79 Å². The van der Waals surface area contributed by atoms with Gasteiger partial charge in [0, 0.05) is 11.8 Å². The van der Waals surface area contributed by atoms with Crippen molar-refractivity contribution in [1.29, 1.82) is 0 Å². The summed E-state index contributed by atoms with van der Waals surface area (Å²) in [6.45, 7) is 1.95. The molecule has 0 aliphatic rings. The number of anilines is 1. The van der Waals surface area contributed by atoms with Crippen LogP contribution in [0.1, 0.15) is 23.0 Å². The molecule has 0 radical (unpaired) electrons. The molecule has 0 aliphatic heterocycles. The third-order valence-electron chi connectivity index (χ3n) is 2.47. The van der Waals surface area contributed by atoms with Gasteiger partial charge in [-0.1, -0.05) is 6.92 Å². The molecular weight excluding hydrogens is 234 g/mol. The highest BCUT2D eigenvalue weighted by Gasteiger charge is 2.13. The second-order valence-electron chi connectivity index (χ2n) is 3.53. The third kappa shape index (κ3) is 2.00. The number of hydrogen-bond donors (Lipinski definition) is 3.